The number of carbonyl (C=O) groups excluding carboxylic acids is 2. The lowest BCUT2D eigenvalue weighted by Crippen LogP contribution is -2.44. The van der Waals surface area contributed by atoms with Gasteiger partial charge in [0.2, 0.25) is 0 Å². The minimum atomic E-state index is -0.850. The summed E-state index contributed by atoms with van der Waals surface area (Å²) in [5.41, 5.74) is 10.1. The van der Waals surface area contributed by atoms with Crippen molar-refractivity contribution in [2.75, 3.05) is 31.9 Å². The van der Waals surface area contributed by atoms with E-state index in [1.165, 1.54) is 11.9 Å². The number of amides is 2. The molecule has 1 aliphatic carbocycles. The Kier molecular flexibility index (Phi) is 12.6. The number of thiazole rings is 1. The third kappa shape index (κ3) is 10.4. The first-order valence-electron chi connectivity index (χ1n) is 20.9. The third-order valence-electron chi connectivity index (χ3n) is 10.7. The van der Waals surface area contributed by atoms with Gasteiger partial charge >= 0.3 is 12.2 Å². The molecule has 3 aromatic heterocycles. The summed E-state index contributed by atoms with van der Waals surface area (Å²) in [4.78, 5) is 45.1. The largest absolute Gasteiger partial charge is 0.444 e. The van der Waals surface area contributed by atoms with Crippen molar-refractivity contribution in [3.63, 3.8) is 0 Å². The molecule has 5 aromatic rings. The summed E-state index contributed by atoms with van der Waals surface area (Å²) >= 11 is 1.57. The maximum atomic E-state index is 14.0. The van der Waals surface area contributed by atoms with Crippen LogP contribution in [0.15, 0.2) is 78.6 Å². The highest BCUT2D eigenvalue weighted by molar-refractivity contribution is 7.13. The lowest BCUT2D eigenvalue weighted by molar-refractivity contribution is -0.160. The summed E-state index contributed by atoms with van der Waals surface area (Å²) in [5.74, 6) is -0.590. The molecule has 2 aliphatic rings. The van der Waals surface area contributed by atoms with Gasteiger partial charge in [-0.1, -0.05) is 60.7 Å². The van der Waals surface area contributed by atoms with Gasteiger partial charge in [-0.05, 0) is 85.8 Å². The molecular formula is C46H59N7O6S. The van der Waals surface area contributed by atoms with Crippen LogP contribution in [0.3, 0.4) is 0 Å². The molecule has 0 bridgehead atoms. The fourth-order valence-corrected chi connectivity index (χ4v) is 9.03. The van der Waals surface area contributed by atoms with Crippen molar-refractivity contribution in [3.05, 3.63) is 95.4 Å². The van der Waals surface area contributed by atoms with Crippen molar-refractivity contribution < 1.29 is 28.5 Å². The Morgan fingerprint density at radius 3 is 2.15 bits per heavy atom. The average Bonchev–Trinajstić information content (AvgIpc) is 3.94. The van der Waals surface area contributed by atoms with Crippen LogP contribution in [0, 0.1) is 5.92 Å². The van der Waals surface area contributed by atoms with E-state index >= 15 is 0 Å². The number of fused-ring (bicyclic) bond motifs is 2. The zero-order chi connectivity index (χ0) is 42.8. The minimum absolute atomic E-state index is 0.119. The smallest absolute Gasteiger partial charge is 0.410 e. The van der Waals surface area contributed by atoms with Gasteiger partial charge in [0.05, 0.1) is 23.2 Å². The van der Waals surface area contributed by atoms with Gasteiger partial charge < -0.3 is 39.0 Å². The highest BCUT2D eigenvalue weighted by Gasteiger charge is 2.55. The van der Waals surface area contributed by atoms with E-state index in [1.807, 2.05) is 91.8 Å². The zero-order valence-corrected chi connectivity index (χ0v) is 36.9. The van der Waals surface area contributed by atoms with Gasteiger partial charge in [-0.25, -0.2) is 24.5 Å². The Hall–Kier alpha value is -5.05. The number of anilines is 1. The van der Waals surface area contributed by atoms with Crippen LogP contribution >= 0.6 is 11.3 Å². The summed E-state index contributed by atoms with van der Waals surface area (Å²) in [7, 11) is 0. The molecule has 4 heterocycles. The number of nitrogen functional groups attached to an aromatic ring is 1. The topological polar surface area (TPSA) is 147 Å². The van der Waals surface area contributed by atoms with Gasteiger partial charge in [0.1, 0.15) is 40.1 Å². The SMILES string of the molecule is CC(C)(C)OC(=O)N(CCCN(C[C@H]1C[C@@H](n2cc(-c3nc(Cc4ccccc4)cs3)c3c(N)ncnc32)[C@@H]2OC(C)(C)O[C@H]12)C(=O)OC(C)(C)C)CCc1ccccc1. The van der Waals surface area contributed by atoms with Crippen LogP contribution in [-0.4, -0.2) is 96.9 Å². The normalized spacial score (nSPS) is 19.9. The molecular weight excluding hydrogens is 779 g/mol. The molecule has 13 nitrogen and oxygen atoms in total. The lowest BCUT2D eigenvalue weighted by atomic mass is 10.0. The van der Waals surface area contributed by atoms with Crippen molar-refractivity contribution in [1.82, 2.24) is 29.3 Å². The molecule has 1 saturated carbocycles. The van der Waals surface area contributed by atoms with E-state index < -0.39 is 23.1 Å². The van der Waals surface area contributed by atoms with Crippen LogP contribution in [-0.2, 0) is 31.8 Å². The predicted molar refractivity (Wildman–Crippen MR) is 234 cm³/mol. The standard InChI is InChI=1S/C46H59N7O6S/c1-44(2,3)58-42(54)51(23-20-30-16-11-9-12-17-30)21-15-22-52(43(55)59-45(4,5)6)26-32-25-35(38-37(32)56-46(7,8)57-38)53-27-34(36-39(47)48-29-49-40(36)53)41-50-33(28-60-41)24-31-18-13-10-14-19-31/h9-14,16-19,27-29,32,35,37-38H,15,20-26H2,1-8H3,(H2,47,48,49)/t32-,35-,37-,38+/m1/s1. The first-order valence-corrected chi connectivity index (χ1v) is 21.8. The van der Waals surface area contributed by atoms with Crippen molar-refractivity contribution in [1.29, 1.82) is 0 Å². The van der Waals surface area contributed by atoms with E-state index in [0.717, 1.165) is 33.6 Å². The molecule has 2 fully saturated rings. The summed E-state index contributed by atoms with van der Waals surface area (Å²) < 4.78 is 27.3. The Balaban J connectivity index is 1.14. The van der Waals surface area contributed by atoms with Crippen LogP contribution < -0.4 is 5.73 Å². The number of aromatic nitrogens is 4. The Morgan fingerprint density at radius 2 is 1.48 bits per heavy atom. The van der Waals surface area contributed by atoms with Crippen LogP contribution in [0.5, 0.6) is 0 Å². The van der Waals surface area contributed by atoms with Gasteiger partial charge in [0.15, 0.2) is 5.79 Å². The molecule has 0 unspecified atom stereocenters. The molecule has 1 aliphatic heterocycles. The Bertz CT molecular complexity index is 2250. The molecule has 2 amide bonds. The number of nitrogens with two attached hydrogens (primary N) is 1. The van der Waals surface area contributed by atoms with Crippen molar-refractivity contribution >= 4 is 40.4 Å². The third-order valence-corrected chi connectivity index (χ3v) is 11.6. The first kappa shape index (κ1) is 43.1. The monoisotopic (exact) mass is 837 g/mol. The first-order chi connectivity index (χ1) is 28.4. The minimum Gasteiger partial charge on any atom is -0.444 e. The second-order valence-electron chi connectivity index (χ2n) is 18.3. The number of hydrogen-bond donors (Lipinski definition) is 1. The maximum Gasteiger partial charge on any atom is 0.410 e. The van der Waals surface area contributed by atoms with E-state index in [0.29, 0.717) is 56.9 Å². The van der Waals surface area contributed by atoms with Crippen LogP contribution in [0.4, 0.5) is 15.4 Å². The molecule has 4 atom stereocenters. The molecule has 1 saturated heterocycles. The molecule has 7 rings (SSSR count). The van der Waals surface area contributed by atoms with E-state index in [1.54, 1.807) is 21.1 Å². The number of hydrogen-bond acceptors (Lipinski definition) is 11. The second-order valence-corrected chi connectivity index (χ2v) is 19.2. The number of rotatable bonds is 13. The van der Waals surface area contributed by atoms with E-state index in [-0.39, 0.29) is 30.3 Å². The fourth-order valence-electron chi connectivity index (χ4n) is 8.20. The summed E-state index contributed by atoms with van der Waals surface area (Å²) in [6.07, 6.45) is 4.66. The van der Waals surface area contributed by atoms with E-state index in [9.17, 15) is 9.59 Å². The zero-order valence-electron chi connectivity index (χ0n) is 36.1. The van der Waals surface area contributed by atoms with E-state index in [2.05, 4.69) is 45.4 Å². The Morgan fingerprint density at radius 1 is 0.867 bits per heavy atom. The number of benzene rings is 2. The highest BCUT2D eigenvalue weighted by Crippen LogP contribution is 2.49. The van der Waals surface area contributed by atoms with Crippen molar-refractivity contribution in [3.8, 4) is 10.6 Å². The quantitative estimate of drug-likeness (QED) is 0.122. The second kappa shape index (κ2) is 17.5. The van der Waals surface area contributed by atoms with Gasteiger partial charge in [0, 0.05) is 55.7 Å². The summed E-state index contributed by atoms with van der Waals surface area (Å²) in [5, 5.41) is 3.67. The molecule has 0 radical (unpaired) electrons. The van der Waals surface area contributed by atoms with Crippen LogP contribution in [0.1, 0.15) is 91.1 Å². The fraction of sp³-hybridized carbons (Fsp3) is 0.500. The molecule has 2 aromatic carbocycles. The highest BCUT2D eigenvalue weighted by atomic mass is 32.1. The molecule has 320 valence electrons. The molecule has 60 heavy (non-hydrogen) atoms. The van der Waals surface area contributed by atoms with Gasteiger partial charge in [0.25, 0.3) is 0 Å². The molecule has 2 N–H and O–H groups in total. The van der Waals surface area contributed by atoms with Gasteiger partial charge in [-0.2, -0.15) is 0 Å². The summed E-state index contributed by atoms with van der Waals surface area (Å²) in [6, 6.07) is 20.2. The van der Waals surface area contributed by atoms with Crippen molar-refractivity contribution in [2.45, 2.75) is 116 Å². The van der Waals surface area contributed by atoms with Crippen LogP contribution in [0.2, 0.25) is 0 Å². The van der Waals surface area contributed by atoms with Gasteiger partial charge in [-0.3, -0.25) is 0 Å². The molecule has 14 heteroatoms. The van der Waals surface area contributed by atoms with Crippen LogP contribution in [0.25, 0.3) is 21.6 Å². The van der Waals surface area contributed by atoms with Gasteiger partial charge in [-0.15, -0.1) is 11.3 Å². The predicted octanol–water partition coefficient (Wildman–Crippen LogP) is 8.92. The lowest BCUT2D eigenvalue weighted by Gasteiger charge is -2.32. The molecule has 0 spiro atoms. The average molecular weight is 838 g/mol. The number of ether oxygens (including phenoxy) is 4. The van der Waals surface area contributed by atoms with Crippen molar-refractivity contribution in [2.24, 2.45) is 5.92 Å². The summed E-state index contributed by atoms with van der Waals surface area (Å²) in [6.45, 7) is 16.6. The number of nitrogens with zero attached hydrogens (tertiary/aromatic N) is 6. The van der Waals surface area contributed by atoms with E-state index in [4.69, 9.17) is 34.6 Å². The number of carbonyl (C=O) groups is 2. The Labute approximate surface area is 357 Å². The maximum absolute atomic E-state index is 14.0.